The van der Waals surface area contributed by atoms with Crippen molar-refractivity contribution in [3.8, 4) is 0 Å². The third-order valence-electron chi connectivity index (χ3n) is 2.21. The highest BCUT2D eigenvalue weighted by atomic mass is 79.9. The number of halogens is 1. The van der Waals surface area contributed by atoms with Crippen LogP contribution in [0.15, 0.2) is 15.9 Å². The van der Waals surface area contributed by atoms with Crippen molar-refractivity contribution < 1.29 is 9.84 Å². The van der Waals surface area contributed by atoms with Crippen molar-refractivity contribution in [2.45, 2.75) is 18.7 Å². The van der Waals surface area contributed by atoms with E-state index in [0.29, 0.717) is 13.2 Å². The van der Waals surface area contributed by atoms with Gasteiger partial charge in [0.2, 0.25) is 0 Å². The molecule has 0 amide bonds. The lowest BCUT2D eigenvalue weighted by molar-refractivity contribution is 0.122. The van der Waals surface area contributed by atoms with Crippen LogP contribution in [0.2, 0.25) is 0 Å². The van der Waals surface area contributed by atoms with Crippen LogP contribution < -0.4 is 5.32 Å². The first kappa shape index (κ1) is 10.6. The molecule has 1 aliphatic rings. The molecule has 0 bridgehead atoms. The number of hydrogen-bond acceptors (Lipinski definition) is 4. The Hall–Kier alpha value is 0.0600. The SMILES string of the molecule is OC1COCC1NCc1cc(Br)cs1. The van der Waals surface area contributed by atoms with Gasteiger partial charge in [0.1, 0.15) is 0 Å². The maximum atomic E-state index is 9.48. The Balaban J connectivity index is 1.82. The summed E-state index contributed by atoms with van der Waals surface area (Å²) in [7, 11) is 0. The standard InChI is InChI=1S/C9H12BrNO2S/c10-6-1-7(14-5-6)2-11-8-3-13-4-9(8)12/h1,5,8-9,11-12H,2-4H2. The average molecular weight is 278 g/mol. The zero-order valence-corrected chi connectivity index (χ0v) is 9.97. The highest BCUT2D eigenvalue weighted by Gasteiger charge is 2.25. The molecule has 0 aromatic carbocycles. The number of nitrogens with one attached hydrogen (secondary N) is 1. The van der Waals surface area contributed by atoms with Crippen molar-refractivity contribution in [3.05, 3.63) is 20.8 Å². The Morgan fingerprint density at radius 1 is 1.64 bits per heavy atom. The number of ether oxygens (including phenoxy) is 1. The first-order valence-corrected chi connectivity index (χ1v) is 6.15. The molecule has 1 aliphatic heterocycles. The Morgan fingerprint density at radius 2 is 2.50 bits per heavy atom. The smallest absolute Gasteiger partial charge is 0.0948 e. The van der Waals surface area contributed by atoms with Crippen molar-refractivity contribution in [1.29, 1.82) is 0 Å². The van der Waals surface area contributed by atoms with E-state index in [0.717, 1.165) is 11.0 Å². The molecule has 2 N–H and O–H groups in total. The van der Waals surface area contributed by atoms with Gasteiger partial charge in [0.25, 0.3) is 0 Å². The summed E-state index contributed by atoms with van der Waals surface area (Å²) in [4.78, 5) is 1.26. The number of rotatable bonds is 3. The fourth-order valence-corrected chi connectivity index (χ4v) is 2.82. The zero-order chi connectivity index (χ0) is 9.97. The largest absolute Gasteiger partial charge is 0.389 e. The fraction of sp³-hybridized carbons (Fsp3) is 0.556. The fourth-order valence-electron chi connectivity index (χ4n) is 1.42. The Kier molecular flexibility index (Phi) is 3.57. The highest BCUT2D eigenvalue weighted by molar-refractivity contribution is 9.10. The van der Waals surface area contributed by atoms with Gasteiger partial charge >= 0.3 is 0 Å². The quantitative estimate of drug-likeness (QED) is 0.877. The summed E-state index contributed by atoms with van der Waals surface area (Å²) in [5.41, 5.74) is 0. The van der Waals surface area contributed by atoms with E-state index in [2.05, 4.69) is 32.7 Å². The van der Waals surface area contributed by atoms with E-state index in [1.807, 2.05) is 0 Å². The molecule has 0 saturated carbocycles. The third kappa shape index (κ3) is 2.55. The average Bonchev–Trinajstić information content (AvgIpc) is 2.72. The first-order valence-electron chi connectivity index (χ1n) is 4.48. The molecule has 3 nitrogen and oxygen atoms in total. The maximum absolute atomic E-state index is 9.48. The van der Waals surface area contributed by atoms with Crippen LogP contribution in [-0.4, -0.2) is 30.5 Å². The molecule has 1 fully saturated rings. The molecule has 1 aromatic rings. The molecule has 2 unspecified atom stereocenters. The number of thiophene rings is 1. The minimum absolute atomic E-state index is 0.0795. The Morgan fingerprint density at radius 3 is 3.07 bits per heavy atom. The minimum Gasteiger partial charge on any atom is -0.389 e. The van der Waals surface area contributed by atoms with Gasteiger partial charge in [0.15, 0.2) is 0 Å². The zero-order valence-electron chi connectivity index (χ0n) is 7.57. The summed E-state index contributed by atoms with van der Waals surface area (Å²) in [6, 6.07) is 2.16. The van der Waals surface area contributed by atoms with Gasteiger partial charge in [-0.1, -0.05) is 0 Å². The van der Waals surface area contributed by atoms with Crippen LogP contribution in [0, 0.1) is 0 Å². The summed E-state index contributed by atoms with van der Waals surface area (Å²) >= 11 is 5.11. The van der Waals surface area contributed by atoms with Gasteiger partial charge in [0.05, 0.1) is 25.4 Å². The van der Waals surface area contributed by atoms with Crippen molar-refractivity contribution in [1.82, 2.24) is 5.32 Å². The van der Waals surface area contributed by atoms with Crippen LogP contribution in [0.25, 0.3) is 0 Å². The Bertz CT molecular complexity index is 305. The van der Waals surface area contributed by atoms with E-state index in [1.54, 1.807) is 11.3 Å². The molecular formula is C9H12BrNO2S. The third-order valence-corrected chi connectivity index (χ3v) is 3.91. The van der Waals surface area contributed by atoms with Crippen LogP contribution in [-0.2, 0) is 11.3 Å². The van der Waals surface area contributed by atoms with Crippen LogP contribution in [0.3, 0.4) is 0 Å². The lowest BCUT2D eigenvalue weighted by Crippen LogP contribution is -2.38. The number of aliphatic hydroxyl groups excluding tert-OH is 1. The second kappa shape index (κ2) is 4.72. The van der Waals surface area contributed by atoms with Gasteiger partial charge in [0, 0.05) is 21.3 Å². The molecule has 78 valence electrons. The molecular weight excluding hydrogens is 266 g/mol. The van der Waals surface area contributed by atoms with Gasteiger partial charge in [-0.3, -0.25) is 0 Å². The van der Waals surface area contributed by atoms with Crippen LogP contribution in [0.4, 0.5) is 0 Å². The lowest BCUT2D eigenvalue weighted by Gasteiger charge is -2.13. The molecule has 1 saturated heterocycles. The second-order valence-corrected chi connectivity index (χ2v) is 5.23. The molecule has 1 aromatic heterocycles. The van der Waals surface area contributed by atoms with Crippen LogP contribution in [0.5, 0.6) is 0 Å². The van der Waals surface area contributed by atoms with E-state index >= 15 is 0 Å². The minimum atomic E-state index is -0.363. The summed E-state index contributed by atoms with van der Waals surface area (Å²) in [5, 5.41) is 14.8. The molecule has 2 rings (SSSR count). The monoisotopic (exact) mass is 277 g/mol. The predicted molar refractivity (Wildman–Crippen MR) is 59.5 cm³/mol. The van der Waals surface area contributed by atoms with Crippen LogP contribution in [0.1, 0.15) is 4.88 Å². The molecule has 0 radical (unpaired) electrons. The van der Waals surface area contributed by atoms with Gasteiger partial charge in [-0.25, -0.2) is 0 Å². The predicted octanol–water partition coefficient (Wildman–Crippen LogP) is 1.36. The van der Waals surface area contributed by atoms with E-state index in [4.69, 9.17) is 4.74 Å². The summed E-state index contributed by atoms with van der Waals surface area (Å²) in [6.45, 7) is 1.85. The van der Waals surface area contributed by atoms with Gasteiger partial charge in [-0.15, -0.1) is 11.3 Å². The molecule has 0 aliphatic carbocycles. The first-order chi connectivity index (χ1) is 6.75. The summed E-state index contributed by atoms with van der Waals surface area (Å²) < 4.78 is 6.26. The maximum Gasteiger partial charge on any atom is 0.0948 e. The molecule has 0 spiro atoms. The van der Waals surface area contributed by atoms with E-state index < -0.39 is 0 Å². The van der Waals surface area contributed by atoms with Gasteiger partial charge in [-0.05, 0) is 22.0 Å². The topological polar surface area (TPSA) is 41.5 Å². The van der Waals surface area contributed by atoms with Crippen molar-refractivity contribution >= 4 is 27.3 Å². The van der Waals surface area contributed by atoms with E-state index in [1.165, 1.54) is 4.88 Å². The van der Waals surface area contributed by atoms with Gasteiger partial charge in [-0.2, -0.15) is 0 Å². The molecule has 5 heteroatoms. The molecule has 2 heterocycles. The van der Waals surface area contributed by atoms with Gasteiger partial charge < -0.3 is 15.2 Å². The molecule has 14 heavy (non-hydrogen) atoms. The van der Waals surface area contributed by atoms with E-state index in [-0.39, 0.29) is 12.1 Å². The van der Waals surface area contributed by atoms with Crippen LogP contribution >= 0.6 is 27.3 Å². The number of hydrogen-bond donors (Lipinski definition) is 2. The highest BCUT2D eigenvalue weighted by Crippen LogP contribution is 2.19. The van der Waals surface area contributed by atoms with E-state index in [9.17, 15) is 5.11 Å². The summed E-state index contributed by atoms with van der Waals surface area (Å²) in [6.07, 6.45) is -0.363. The summed E-state index contributed by atoms with van der Waals surface area (Å²) in [5.74, 6) is 0. The Labute approximate surface area is 95.2 Å². The second-order valence-electron chi connectivity index (χ2n) is 3.32. The normalized spacial score (nSPS) is 27.0. The van der Waals surface area contributed by atoms with Crippen molar-refractivity contribution in [2.24, 2.45) is 0 Å². The van der Waals surface area contributed by atoms with Crippen molar-refractivity contribution in [3.63, 3.8) is 0 Å². The lowest BCUT2D eigenvalue weighted by atomic mass is 10.2. The molecule has 2 atom stereocenters. The number of aliphatic hydroxyl groups is 1. The van der Waals surface area contributed by atoms with Crippen molar-refractivity contribution in [2.75, 3.05) is 13.2 Å².